The zero-order valence-electron chi connectivity index (χ0n) is 11.7. The maximum absolute atomic E-state index is 12.3. The van der Waals surface area contributed by atoms with Gasteiger partial charge in [-0.3, -0.25) is 0 Å². The van der Waals surface area contributed by atoms with E-state index in [-0.39, 0.29) is 23.1 Å². The molecule has 0 saturated heterocycles. The maximum Gasteiger partial charge on any atom is 0.242 e. The van der Waals surface area contributed by atoms with Crippen molar-refractivity contribution in [1.29, 1.82) is 0 Å². The van der Waals surface area contributed by atoms with Crippen LogP contribution in [0.4, 0.5) is 0 Å². The van der Waals surface area contributed by atoms with Gasteiger partial charge in [0.05, 0.1) is 11.6 Å². The number of rotatable bonds is 8. The predicted molar refractivity (Wildman–Crippen MR) is 83.4 cm³/mol. The van der Waals surface area contributed by atoms with Crippen LogP contribution in [-0.4, -0.2) is 34.7 Å². The van der Waals surface area contributed by atoms with Gasteiger partial charge >= 0.3 is 0 Å². The lowest BCUT2D eigenvalue weighted by Gasteiger charge is -2.13. The number of nitrogens with one attached hydrogen (secondary N) is 2. The summed E-state index contributed by atoms with van der Waals surface area (Å²) in [7, 11) is -2.20. The van der Waals surface area contributed by atoms with Crippen molar-refractivity contribution in [3.05, 3.63) is 27.7 Å². The van der Waals surface area contributed by atoms with Crippen LogP contribution in [0.25, 0.3) is 0 Å². The number of sulfonamides is 1. The molecule has 1 aliphatic rings. The maximum atomic E-state index is 12.3. The molecule has 0 spiro atoms. The summed E-state index contributed by atoms with van der Waals surface area (Å²) in [5, 5.41) is 3.85. The molecule has 0 aliphatic heterocycles. The van der Waals surface area contributed by atoms with Gasteiger partial charge in [0.25, 0.3) is 0 Å². The second-order valence-corrected chi connectivity index (χ2v) is 7.47. The minimum Gasteiger partial charge on any atom is -0.383 e. The lowest BCUT2D eigenvalue weighted by atomic mass is 10.2. The number of ether oxygens (including phenoxy) is 1. The topological polar surface area (TPSA) is 67.4 Å². The summed E-state index contributed by atoms with van der Waals surface area (Å²) >= 11 is 12.2. The Kier molecular flexibility index (Phi) is 5.88. The zero-order chi connectivity index (χ0) is 15.5. The van der Waals surface area contributed by atoms with E-state index in [4.69, 9.17) is 27.9 Å². The summed E-state index contributed by atoms with van der Waals surface area (Å²) in [5.41, 5.74) is 0.684. The van der Waals surface area contributed by atoms with Gasteiger partial charge in [-0.1, -0.05) is 23.2 Å². The highest BCUT2D eigenvalue weighted by Gasteiger charge is 2.23. The summed E-state index contributed by atoms with van der Waals surface area (Å²) in [6.45, 7) is 0.968. The molecule has 0 unspecified atom stereocenters. The predicted octanol–water partition coefficient (Wildman–Crippen LogP) is 2.17. The fourth-order valence-corrected chi connectivity index (χ4v) is 3.78. The fourth-order valence-electron chi connectivity index (χ4n) is 1.84. The number of methoxy groups -OCH3 is 1. The number of halogens is 2. The van der Waals surface area contributed by atoms with E-state index in [0.717, 1.165) is 12.8 Å². The Morgan fingerprint density at radius 1 is 1.33 bits per heavy atom. The molecule has 2 rings (SSSR count). The highest BCUT2D eigenvalue weighted by molar-refractivity contribution is 7.89. The van der Waals surface area contributed by atoms with Crippen LogP contribution in [0.15, 0.2) is 17.0 Å². The van der Waals surface area contributed by atoms with Crippen LogP contribution in [0.2, 0.25) is 10.0 Å². The SMILES string of the molecule is COCCNS(=O)(=O)c1cc(Cl)cc(CNC2CC2)c1Cl. The first-order chi connectivity index (χ1) is 9.94. The first-order valence-electron chi connectivity index (χ1n) is 6.64. The van der Waals surface area contributed by atoms with E-state index in [9.17, 15) is 8.42 Å². The molecule has 21 heavy (non-hydrogen) atoms. The molecule has 118 valence electrons. The van der Waals surface area contributed by atoms with Gasteiger partial charge in [0.1, 0.15) is 4.90 Å². The van der Waals surface area contributed by atoms with Gasteiger partial charge in [0.15, 0.2) is 0 Å². The van der Waals surface area contributed by atoms with Gasteiger partial charge in [-0.25, -0.2) is 13.1 Å². The highest BCUT2D eigenvalue weighted by Crippen LogP contribution is 2.30. The Bertz CT molecular complexity index is 604. The molecule has 0 amide bonds. The number of benzene rings is 1. The first kappa shape index (κ1) is 17.0. The summed E-state index contributed by atoms with van der Waals surface area (Å²) < 4.78 is 31.8. The van der Waals surface area contributed by atoms with Crippen LogP contribution in [0, 0.1) is 0 Å². The third kappa shape index (κ3) is 4.81. The summed E-state index contributed by atoms with van der Waals surface area (Å²) in [6.07, 6.45) is 2.28. The van der Waals surface area contributed by atoms with E-state index >= 15 is 0 Å². The van der Waals surface area contributed by atoms with E-state index in [1.165, 1.54) is 13.2 Å². The molecule has 2 N–H and O–H groups in total. The van der Waals surface area contributed by atoms with Crippen LogP contribution in [0.5, 0.6) is 0 Å². The summed E-state index contributed by atoms with van der Waals surface area (Å²) in [5.74, 6) is 0. The van der Waals surface area contributed by atoms with Crippen molar-refractivity contribution in [2.75, 3.05) is 20.3 Å². The van der Waals surface area contributed by atoms with Crippen LogP contribution in [0.1, 0.15) is 18.4 Å². The molecule has 0 radical (unpaired) electrons. The lowest BCUT2D eigenvalue weighted by molar-refractivity contribution is 0.204. The van der Waals surface area contributed by atoms with E-state index in [1.54, 1.807) is 6.07 Å². The van der Waals surface area contributed by atoms with Gasteiger partial charge in [-0.05, 0) is 30.5 Å². The summed E-state index contributed by atoms with van der Waals surface area (Å²) in [6, 6.07) is 3.55. The molecule has 1 aromatic rings. The Balaban J connectivity index is 2.20. The second kappa shape index (κ2) is 7.26. The highest BCUT2D eigenvalue weighted by atomic mass is 35.5. The van der Waals surface area contributed by atoms with E-state index < -0.39 is 10.0 Å². The van der Waals surface area contributed by atoms with Gasteiger partial charge in [0, 0.05) is 31.3 Å². The van der Waals surface area contributed by atoms with Crippen molar-refractivity contribution < 1.29 is 13.2 Å². The third-order valence-corrected chi connectivity index (χ3v) is 5.39. The van der Waals surface area contributed by atoms with Gasteiger partial charge < -0.3 is 10.1 Å². The average molecular weight is 353 g/mol. The molecular formula is C13H18Cl2N2O3S. The first-order valence-corrected chi connectivity index (χ1v) is 8.88. The Morgan fingerprint density at radius 3 is 2.67 bits per heavy atom. The molecule has 0 atom stereocenters. The zero-order valence-corrected chi connectivity index (χ0v) is 14.0. The Morgan fingerprint density at radius 2 is 2.05 bits per heavy atom. The quantitative estimate of drug-likeness (QED) is 0.703. The van der Waals surface area contributed by atoms with E-state index in [1.807, 2.05) is 0 Å². The van der Waals surface area contributed by atoms with Gasteiger partial charge in [-0.2, -0.15) is 0 Å². The van der Waals surface area contributed by atoms with Crippen molar-refractivity contribution in [2.45, 2.75) is 30.3 Å². The molecule has 0 bridgehead atoms. The fraction of sp³-hybridized carbons (Fsp3) is 0.538. The minimum atomic E-state index is -3.71. The molecule has 1 saturated carbocycles. The Labute approximate surface area is 135 Å². The van der Waals surface area contributed by atoms with Crippen LogP contribution in [-0.2, 0) is 21.3 Å². The van der Waals surface area contributed by atoms with Crippen molar-refractivity contribution >= 4 is 33.2 Å². The van der Waals surface area contributed by atoms with Crippen molar-refractivity contribution in [1.82, 2.24) is 10.0 Å². The third-order valence-electron chi connectivity index (χ3n) is 3.13. The molecule has 0 aromatic heterocycles. The minimum absolute atomic E-state index is 0.000340. The van der Waals surface area contributed by atoms with E-state index in [2.05, 4.69) is 10.0 Å². The average Bonchev–Trinajstić information content (AvgIpc) is 3.23. The monoisotopic (exact) mass is 352 g/mol. The molecule has 5 nitrogen and oxygen atoms in total. The van der Waals surface area contributed by atoms with E-state index in [0.29, 0.717) is 23.2 Å². The number of hydrogen-bond acceptors (Lipinski definition) is 4. The molecule has 1 aromatic carbocycles. The standard InChI is InChI=1S/C13H18Cl2N2O3S/c1-20-5-4-17-21(18,19)12-7-10(14)6-9(13(12)15)8-16-11-2-3-11/h6-7,11,16-17H,2-5,8H2,1H3. The van der Waals surface area contributed by atoms with Crippen LogP contribution in [0.3, 0.4) is 0 Å². The number of hydrogen-bond donors (Lipinski definition) is 2. The Hall–Kier alpha value is -0.370. The second-order valence-electron chi connectivity index (χ2n) is 4.92. The normalized spacial score (nSPS) is 15.4. The molecular weight excluding hydrogens is 335 g/mol. The van der Waals surface area contributed by atoms with Crippen LogP contribution >= 0.6 is 23.2 Å². The molecule has 8 heteroatoms. The van der Waals surface area contributed by atoms with Crippen molar-refractivity contribution in [3.8, 4) is 0 Å². The molecule has 0 heterocycles. The largest absolute Gasteiger partial charge is 0.383 e. The summed E-state index contributed by atoms with van der Waals surface area (Å²) in [4.78, 5) is 0.000340. The smallest absolute Gasteiger partial charge is 0.242 e. The molecule has 1 aliphatic carbocycles. The van der Waals surface area contributed by atoms with Crippen LogP contribution < -0.4 is 10.0 Å². The van der Waals surface area contributed by atoms with Crippen molar-refractivity contribution in [3.63, 3.8) is 0 Å². The van der Waals surface area contributed by atoms with Gasteiger partial charge in [-0.15, -0.1) is 0 Å². The van der Waals surface area contributed by atoms with Crippen molar-refractivity contribution in [2.24, 2.45) is 0 Å². The van der Waals surface area contributed by atoms with Gasteiger partial charge in [0.2, 0.25) is 10.0 Å². The molecule has 1 fully saturated rings. The lowest BCUT2D eigenvalue weighted by Crippen LogP contribution is -2.27.